The van der Waals surface area contributed by atoms with Gasteiger partial charge in [-0.25, -0.2) is 0 Å². The number of aryl methyl sites for hydroxylation is 1. The summed E-state index contributed by atoms with van der Waals surface area (Å²) in [6.07, 6.45) is 0. The molecule has 0 aliphatic rings. The SMILES string of the molecule is COc1no[n+]([O-])c1-c1ccc(C)cc1. The van der Waals surface area contributed by atoms with Gasteiger partial charge in [0.1, 0.15) is 0 Å². The fraction of sp³-hybridized carbons (Fsp3) is 0.200. The number of benzene rings is 1. The van der Waals surface area contributed by atoms with Crippen LogP contribution < -0.4 is 9.64 Å². The molecule has 0 aliphatic heterocycles. The fourth-order valence-corrected chi connectivity index (χ4v) is 1.31. The largest absolute Gasteiger partial charge is 0.458 e. The van der Waals surface area contributed by atoms with E-state index in [-0.39, 0.29) is 11.6 Å². The van der Waals surface area contributed by atoms with Crippen LogP contribution in [0.1, 0.15) is 5.56 Å². The highest BCUT2D eigenvalue weighted by atomic mass is 16.8. The molecule has 0 amide bonds. The Bertz CT molecular complexity index is 462. The molecule has 0 unspecified atom stereocenters. The van der Waals surface area contributed by atoms with Gasteiger partial charge in [0.05, 0.1) is 12.3 Å². The van der Waals surface area contributed by atoms with E-state index in [1.165, 1.54) is 7.11 Å². The van der Waals surface area contributed by atoms with Crippen molar-refractivity contribution in [2.45, 2.75) is 6.92 Å². The molecule has 78 valence electrons. The molecule has 0 saturated heterocycles. The van der Waals surface area contributed by atoms with E-state index in [4.69, 9.17) is 4.74 Å². The molecule has 1 aromatic carbocycles. The van der Waals surface area contributed by atoms with E-state index >= 15 is 0 Å². The lowest BCUT2D eigenvalue weighted by atomic mass is 10.1. The fourth-order valence-electron chi connectivity index (χ4n) is 1.31. The highest BCUT2D eigenvalue weighted by Crippen LogP contribution is 2.24. The lowest BCUT2D eigenvalue weighted by Crippen LogP contribution is -2.25. The summed E-state index contributed by atoms with van der Waals surface area (Å²) in [5.41, 5.74) is 2.12. The molecule has 0 spiro atoms. The molecule has 0 saturated carbocycles. The summed E-state index contributed by atoms with van der Waals surface area (Å²) in [6.45, 7) is 1.97. The second-order valence-corrected chi connectivity index (χ2v) is 3.15. The third-order valence-electron chi connectivity index (χ3n) is 2.10. The minimum Gasteiger partial charge on any atom is -0.458 e. The summed E-state index contributed by atoms with van der Waals surface area (Å²) >= 11 is 0. The van der Waals surface area contributed by atoms with Crippen molar-refractivity contribution in [2.24, 2.45) is 0 Å². The molecule has 2 rings (SSSR count). The Labute approximate surface area is 86.4 Å². The van der Waals surface area contributed by atoms with Crippen LogP contribution in [0.15, 0.2) is 28.9 Å². The number of hydrogen-bond donors (Lipinski definition) is 0. The van der Waals surface area contributed by atoms with Gasteiger partial charge in [0.2, 0.25) is 0 Å². The smallest absolute Gasteiger partial charge is 0.402 e. The maximum Gasteiger partial charge on any atom is 0.402 e. The molecule has 15 heavy (non-hydrogen) atoms. The third-order valence-corrected chi connectivity index (χ3v) is 2.10. The van der Waals surface area contributed by atoms with Gasteiger partial charge in [-0.15, -0.1) is 0 Å². The zero-order valence-electron chi connectivity index (χ0n) is 8.43. The Morgan fingerprint density at radius 3 is 2.60 bits per heavy atom. The Morgan fingerprint density at radius 2 is 2.00 bits per heavy atom. The molecule has 0 radical (unpaired) electrons. The average molecular weight is 206 g/mol. The number of methoxy groups -OCH3 is 1. The van der Waals surface area contributed by atoms with Crippen molar-refractivity contribution >= 4 is 0 Å². The highest BCUT2D eigenvalue weighted by Gasteiger charge is 2.21. The first-order valence-electron chi connectivity index (χ1n) is 4.43. The van der Waals surface area contributed by atoms with Gasteiger partial charge in [-0.2, -0.15) is 0 Å². The predicted octanol–water partition coefficient (Wildman–Crippen LogP) is 1.29. The van der Waals surface area contributed by atoms with Crippen molar-refractivity contribution < 1.29 is 14.3 Å². The molecule has 0 fully saturated rings. The van der Waals surface area contributed by atoms with Crippen molar-refractivity contribution in [2.75, 3.05) is 7.11 Å². The van der Waals surface area contributed by atoms with Crippen LogP contribution in [0, 0.1) is 12.1 Å². The van der Waals surface area contributed by atoms with Crippen LogP contribution in [0.25, 0.3) is 11.3 Å². The summed E-state index contributed by atoms with van der Waals surface area (Å²) in [5, 5.41) is 14.8. The molecule has 0 atom stereocenters. The van der Waals surface area contributed by atoms with Crippen molar-refractivity contribution in [3.63, 3.8) is 0 Å². The van der Waals surface area contributed by atoms with Crippen LogP contribution in [0.2, 0.25) is 0 Å². The summed E-state index contributed by atoms with van der Waals surface area (Å²) in [6, 6.07) is 7.45. The van der Waals surface area contributed by atoms with Crippen molar-refractivity contribution in [1.82, 2.24) is 5.16 Å². The first-order chi connectivity index (χ1) is 7.22. The van der Waals surface area contributed by atoms with Crippen molar-refractivity contribution in [3.8, 4) is 17.1 Å². The molecule has 1 heterocycles. The van der Waals surface area contributed by atoms with Crippen molar-refractivity contribution in [1.29, 1.82) is 0 Å². The van der Waals surface area contributed by atoms with E-state index in [0.717, 1.165) is 5.56 Å². The molecule has 0 aliphatic carbocycles. The van der Waals surface area contributed by atoms with Gasteiger partial charge in [-0.1, -0.05) is 17.7 Å². The van der Waals surface area contributed by atoms with Crippen LogP contribution in [0.3, 0.4) is 0 Å². The summed E-state index contributed by atoms with van der Waals surface area (Å²) in [5.74, 6) is 0.189. The van der Waals surface area contributed by atoms with E-state index in [1.54, 1.807) is 0 Å². The average Bonchev–Trinajstić information content (AvgIpc) is 2.61. The molecule has 5 heteroatoms. The van der Waals surface area contributed by atoms with E-state index in [2.05, 4.69) is 9.79 Å². The van der Waals surface area contributed by atoms with Gasteiger partial charge in [-0.05, 0) is 24.0 Å². The molecule has 5 nitrogen and oxygen atoms in total. The van der Waals surface area contributed by atoms with Crippen LogP contribution in [0.4, 0.5) is 0 Å². The third kappa shape index (κ3) is 1.63. The molecular formula is C10H10N2O3. The van der Waals surface area contributed by atoms with Crippen LogP contribution in [-0.2, 0) is 0 Å². The Balaban J connectivity index is 2.52. The Kier molecular flexibility index (Phi) is 2.29. The van der Waals surface area contributed by atoms with E-state index in [1.807, 2.05) is 31.2 Å². The van der Waals surface area contributed by atoms with Crippen LogP contribution >= 0.6 is 0 Å². The standard InChI is InChI=1S/C10H10N2O3/c1-7-3-5-8(6-4-7)9-10(14-2)11-15-12(9)13/h3-6H,1-2H3. The van der Waals surface area contributed by atoms with Gasteiger partial charge in [-0.3, -0.25) is 4.63 Å². The first kappa shape index (κ1) is 9.51. The van der Waals surface area contributed by atoms with E-state index in [9.17, 15) is 5.21 Å². The second-order valence-electron chi connectivity index (χ2n) is 3.15. The van der Waals surface area contributed by atoms with E-state index < -0.39 is 0 Å². The monoisotopic (exact) mass is 206 g/mol. The van der Waals surface area contributed by atoms with Gasteiger partial charge < -0.3 is 9.94 Å². The number of aromatic nitrogens is 2. The van der Waals surface area contributed by atoms with Gasteiger partial charge in [0.15, 0.2) is 0 Å². The maximum absolute atomic E-state index is 11.3. The van der Waals surface area contributed by atoms with Gasteiger partial charge in [0, 0.05) is 5.56 Å². The molecule has 0 bridgehead atoms. The number of rotatable bonds is 2. The summed E-state index contributed by atoms with van der Waals surface area (Å²) in [7, 11) is 1.44. The predicted molar refractivity (Wildman–Crippen MR) is 52.2 cm³/mol. The van der Waals surface area contributed by atoms with Crippen LogP contribution in [-0.4, -0.2) is 12.3 Å². The number of hydrogen-bond acceptors (Lipinski definition) is 4. The summed E-state index contributed by atoms with van der Waals surface area (Å²) in [4.78, 5) is 0.337. The normalized spacial score (nSPS) is 10.3. The lowest BCUT2D eigenvalue weighted by Gasteiger charge is -1.98. The first-order valence-corrected chi connectivity index (χ1v) is 4.43. The zero-order valence-corrected chi connectivity index (χ0v) is 8.43. The quantitative estimate of drug-likeness (QED) is 0.694. The highest BCUT2D eigenvalue weighted by molar-refractivity contribution is 5.61. The van der Waals surface area contributed by atoms with E-state index in [0.29, 0.717) is 10.5 Å². The molecule has 1 aromatic heterocycles. The lowest BCUT2D eigenvalue weighted by molar-refractivity contribution is -0.793. The van der Waals surface area contributed by atoms with Gasteiger partial charge in [0.25, 0.3) is 5.69 Å². The Hall–Kier alpha value is -2.04. The number of ether oxygens (including phenoxy) is 1. The van der Waals surface area contributed by atoms with Gasteiger partial charge >= 0.3 is 5.88 Å². The van der Waals surface area contributed by atoms with Crippen LogP contribution in [0.5, 0.6) is 5.88 Å². The summed E-state index contributed by atoms with van der Waals surface area (Å²) < 4.78 is 9.38. The Morgan fingerprint density at radius 1 is 1.33 bits per heavy atom. The molecular weight excluding hydrogens is 196 g/mol. The topological polar surface area (TPSA) is 62.2 Å². The molecule has 0 N–H and O–H groups in total. The number of nitrogens with zero attached hydrogens (tertiary/aromatic N) is 2. The minimum absolute atomic E-state index is 0.189. The minimum atomic E-state index is 0.189. The zero-order chi connectivity index (χ0) is 10.8. The maximum atomic E-state index is 11.3. The molecule has 2 aromatic rings. The second kappa shape index (κ2) is 3.61. The van der Waals surface area contributed by atoms with Crippen molar-refractivity contribution in [3.05, 3.63) is 35.0 Å².